The maximum Gasteiger partial charge on any atom is 0.365 e. The van der Waals surface area contributed by atoms with Gasteiger partial charge < -0.3 is 5.32 Å². The predicted octanol–water partition coefficient (Wildman–Crippen LogP) is 0.675. The van der Waals surface area contributed by atoms with Crippen LogP contribution in [0.1, 0.15) is 0 Å². The summed E-state index contributed by atoms with van der Waals surface area (Å²) in [6.07, 6.45) is -3.93. The fourth-order valence-electron chi connectivity index (χ4n) is 0.400. The summed E-state index contributed by atoms with van der Waals surface area (Å²) in [5.74, 6) is -6.32. The topological polar surface area (TPSA) is 29.1 Å². The molecule has 6 heteroatoms. The van der Waals surface area contributed by atoms with E-state index in [-0.39, 0.29) is 0 Å². The van der Waals surface area contributed by atoms with Gasteiger partial charge in [0.1, 0.15) is 0 Å². The third-order valence-electron chi connectivity index (χ3n) is 0.983. The third-order valence-corrected chi connectivity index (χ3v) is 0.983. The normalized spacial score (nSPS) is 12.2. The zero-order valence-electron chi connectivity index (χ0n) is 5.70. The quantitative estimate of drug-likeness (QED) is 0.633. The molecule has 0 radical (unpaired) electrons. The molecule has 66 valence electrons. The summed E-state index contributed by atoms with van der Waals surface area (Å²) in [5, 5.41) is 2.07. The predicted molar refractivity (Wildman–Crippen MR) is 29.9 cm³/mol. The van der Waals surface area contributed by atoms with E-state index in [1.54, 1.807) is 0 Å². The molecule has 0 spiro atoms. The number of Topliss-reactive ketones (excluding diaryl/α,β-unsaturated/α-hetero) is 1. The van der Waals surface area contributed by atoms with E-state index in [1.165, 1.54) is 7.05 Å². The van der Waals surface area contributed by atoms with Crippen LogP contribution < -0.4 is 5.32 Å². The number of halogens is 4. The molecule has 0 aliphatic rings. The van der Waals surface area contributed by atoms with Crippen LogP contribution in [0.25, 0.3) is 0 Å². The van der Waals surface area contributed by atoms with Gasteiger partial charge in [0.2, 0.25) is 5.78 Å². The maximum atomic E-state index is 12.0. The van der Waals surface area contributed by atoms with Crippen molar-refractivity contribution in [1.82, 2.24) is 5.32 Å². The van der Waals surface area contributed by atoms with E-state index >= 15 is 0 Å². The molecule has 0 aromatic rings. The van der Waals surface area contributed by atoms with Crippen LogP contribution >= 0.6 is 0 Å². The summed E-state index contributed by atoms with van der Waals surface area (Å²) in [7, 11) is 1.22. The highest BCUT2D eigenvalue weighted by Crippen LogP contribution is 2.23. The second-order valence-electron chi connectivity index (χ2n) is 1.88. The summed E-state index contributed by atoms with van der Waals surface area (Å²) in [6.45, 7) is -0.753. The second-order valence-corrected chi connectivity index (χ2v) is 1.88. The Kier molecular flexibility index (Phi) is 3.44. The highest BCUT2D eigenvalue weighted by atomic mass is 19.3. The van der Waals surface area contributed by atoms with Gasteiger partial charge in [0.25, 0.3) is 0 Å². The highest BCUT2D eigenvalue weighted by Gasteiger charge is 2.47. The van der Waals surface area contributed by atoms with Crippen LogP contribution in [0.5, 0.6) is 0 Å². The molecule has 11 heavy (non-hydrogen) atoms. The fraction of sp³-hybridized carbons (Fsp3) is 0.800. The molecule has 0 atom stereocenters. The molecule has 0 saturated heterocycles. The van der Waals surface area contributed by atoms with E-state index in [4.69, 9.17) is 0 Å². The van der Waals surface area contributed by atoms with E-state index in [1.807, 2.05) is 0 Å². The number of likely N-dealkylation sites (N-methyl/N-ethyl adjacent to an activating group) is 1. The molecule has 0 saturated carbocycles. The lowest BCUT2D eigenvalue weighted by atomic mass is 10.2. The molecule has 0 amide bonds. The summed E-state index contributed by atoms with van der Waals surface area (Å²) in [4.78, 5) is 10.2. The van der Waals surface area contributed by atoms with Crippen molar-refractivity contribution in [3.05, 3.63) is 0 Å². The number of carbonyl (C=O) groups is 1. The van der Waals surface area contributed by atoms with Crippen LogP contribution in [0.15, 0.2) is 0 Å². The number of ketones is 1. The minimum absolute atomic E-state index is 0.753. The molecule has 0 heterocycles. The van der Waals surface area contributed by atoms with Gasteiger partial charge in [-0.2, -0.15) is 8.78 Å². The van der Waals surface area contributed by atoms with Crippen molar-refractivity contribution < 1.29 is 22.4 Å². The van der Waals surface area contributed by atoms with Gasteiger partial charge in [-0.25, -0.2) is 8.78 Å². The van der Waals surface area contributed by atoms with Crippen molar-refractivity contribution >= 4 is 5.78 Å². The Morgan fingerprint density at radius 2 is 2.00 bits per heavy atom. The lowest BCUT2D eigenvalue weighted by Crippen LogP contribution is -2.41. The SMILES string of the molecule is CNCC(=O)C(F)(F)C(F)F. The van der Waals surface area contributed by atoms with Gasteiger partial charge in [-0.05, 0) is 7.05 Å². The Hall–Kier alpha value is -0.650. The molecule has 0 bridgehead atoms. The van der Waals surface area contributed by atoms with Gasteiger partial charge >= 0.3 is 12.3 Å². The Labute approximate surface area is 60.6 Å². The van der Waals surface area contributed by atoms with E-state index in [2.05, 4.69) is 5.32 Å². The lowest BCUT2D eigenvalue weighted by Gasteiger charge is -2.12. The van der Waals surface area contributed by atoms with Crippen molar-refractivity contribution in [3.63, 3.8) is 0 Å². The van der Waals surface area contributed by atoms with Crippen LogP contribution in [-0.2, 0) is 4.79 Å². The standard InChI is InChI=1S/C5H7F4NO/c1-10-2-3(11)5(8,9)4(6)7/h4,10H,2H2,1H3. The van der Waals surface area contributed by atoms with Crippen molar-refractivity contribution in [1.29, 1.82) is 0 Å². The number of nitrogens with one attached hydrogen (secondary N) is 1. The number of alkyl halides is 4. The number of hydrogen-bond acceptors (Lipinski definition) is 2. The number of hydrogen-bond donors (Lipinski definition) is 1. The fourth-order valence-corrected chi connectivity index (χ4v) is 0.400. The summed E-state index contributed by atoms with van der Waals surface area (Å²) in [5.41, 5.74) is 0. The third kappa shape index (κ3) is 2.45. The first-order valence-corrected chi connectivity index (χ1v) is 2.76. The zero-order valence-corrected chi connectivity index (χ0v) is 5.70. The van der Waals surface area contributed by atoms with Crippen molar-refractivity contribution in [2.75, 3.05) is 13.6 Å². The molecule has 0 unspecified atom stereocenters. The van der Waals surface area contributed by atoms with Crippen LogP contribution in [0, 0.1) is 0 Å². The van der Waals surface area contributed by atoms with Crippen molar-refractivity contribution in [3.8, 4) is 0 Å². The molecule has 0 aromatic heterocycles. The summed E-state index contributed by atoms with van der Waals surface area (Å²) in [6, 6.07) is 0. The Balaban J connectivity index is 4.18. The minimum Gasteiger partial charge on any atom is -0.313 e. The molecular formula is C5H7F4NO. The summed E-state index contributed by atoms with van der Waals surface area (Å²) < 4.78 is 46.8. The Morgan fingerprint density at radius 3 is 2.27 bits per heavy atom. The van der Waals surface area contributed by atoms with Gasteiger partial charge in [-0.3, -0.25) is 4.79 Å². The molecular weight excluding hydrogens is 166 g/mol. The average molecular weight is 173 g/mol. The Morgan fingerprint density at radius 1 is 1.55 bits per heavy atom. The van der Waals surface area contributed by atoms with Gasteiger partial charge in [0.05, 0.1) is 6.54 Å². The Bertz CT molecular complexity index is 147. The monoisotopic (exact) mass is 173 g/mol. The molecule has 0 fully saturated rings. The highest BCUT2D eigenvalue weighted by molar-refractivity contribution is 5.87. The van der Waals surface area contributed by atoms with Gasteiger partial charge in [-0.15, -0.1) is 0 Å². The van der Waals surface area contributed by atoms with Gasteiger partial charge in [0.15, 0.2) is 0 Å². The van der Waals surface area contributed by atoms with Crippen molar-refractivity contribution in [2.24, 2.45) is 0 Å². The molecule has 0 aromatic carbocycles. The second kappa shape index (κ2) is 3.66. The largest absolute Gasteiger partial charge is 0.365 e. The molecule has 1 N–H and O–H groups in total. The van der Waals surface area contributed by atoms with Crippen molar-refractivity contribution in [2.45, 2.75) is 12.3 Å². The van der Waals surface area contributed by atoms with Gasteiger partial charge in [-0.1, -0.05) is 0 Å². The number of rotatable bonds is 4. The van der Waals surface area contributed by atoms with E-state index in [9.17, 15) is 22.4 Å². The maximum absolute atomic E-state index is 12.0. The minimum atomic E-state index is -4.52. The van der Waals surface area contributed by atoms with Crippen LogP contribution in [-0.4, -0.2) is 31.7 Å². The van der Waals surface area contributed by atoms with E-state index in [0.717, 1.165) is 0 Å². The smallest absolute Gasteiger partial charge is 0.313 e. The van der Waals surface area contributed by atoms with Crippen LogP contribution in [0.2, 0.25) is 0 Å². The average Bonchev–Trinajstić information content (AvgIpc) is 1.88. The summed E-state index contributed by atoms with van der Waals surface area (Å²) >= 11 is 0. The number of carbonyl (C=O) groups excluding carboxylic acids is 1. The molecule has 0 aliphatic heterocycles. The van der Waals surface area contributed by atoms with Crippen LogP contribution in [0.3, 0.4) is 0 Å². The lowest BCUT2D eigenvalue weighted by molar-refractivity contribution is -0.165. The van der Waals surface area contributed by atoms with Crippen LogP contribution in [0.4, 0.5) is 17.6 Å². The first-order valence-electron chi connectivity index (χ1n) is 2.76. The van der Waals surface area contributed by atoms with Gasteiger partial charge in [0, 0.05) is 0 Å². The first kappa shape index (κ1) is 10.3. The first-order chi connectivity index (χ1) is 4.92. The molecule has 2 nitrogen and oxygen atoms in total. The zero-order chi connectivity index (χ0) is 9.07. The van der Waals surface area contributed by atoms with E-state index < -0.39 is 24.7 Å². The molecule has 0 rings (SSSR count). The molecule has 0 aliphatic carbocycles. The van der Waals surface area contributed by atoms with E-state index in [0.29, 0.717) is 0 Å².